The molecule has 2 aromatic carbocycles. The summed E-state index contributed by atoms with van der Waals surface area (Å²) < 4.78 is 0.984. The molecule has 3 N–H and O–H groups in total. The molecule has 2 rings (SSSR count). The van der Waals surface area contributed by atoms with E-state index in [1.807, 2.05) is 49.4 Å². The van der Waals surface area contributed by atoms with Crippen LogP contribution in [-0.4, -0.2) is 11.7 Å². The molecule has 0 spiro atoms. The molecule has 0 saturated carbocycles. The van der Waals surface area contributed by atoms with E-state index in [0.29, 0.717) is 5.75 Å². The number of carbonyl (C=O) groups excluding carboxylic acids is 1. The Morgan fingerprint density at radius 3 is 2.65 bits per heavy atom. The van der Waals surface area contributed by atoms with Crippen LogP contribution in [0.15, 0.2) is 51.8 Å². The molecule has 20 heavy (non-hydrogen) atoms. The van der Waals surface area contributed by atoms with Crippen molar-refractivity contribution in [1.82, 2.24) is 0 Å². The van der Waals surface area contributed by atoms with Crippen LogP contribution in [0.25, 0.3) is 0 Å². The fraction of sp³-hybridized carbons (Fsp3) is 0.133. The molecular weight excluding hydrogens is 336 g/mol. The van der Waals surface area contributed by atoms with Crippen LogP contribution in [0, 0.1) is 6.92 Å². The van der Waals surface area contributed by atoms with E-state index in [1.54, 1.807) is 0 Å². The highest BCUT2D eigenvalue weighted by molar-refractivity contribution is 9.10. The monoisotopic (exact) mass is 350 g/mol. The van der Waals surface area contributed by atoms with Gasteiger partial charge >= 0.3 is 0 Å². The lowest BCUT2D eigenvalue weighted by atomic mass is 10.2. The van der Waals surface area contributed by atoms with Gasteiger partial charge in [0.2, 0.25) is 5.91 Å². The average molecular weight is 351 g/mol. The number of nitrogen functional groups attached to an aromatic ring is 1. The van der Waals surface area contributed by atoms with Gasteiger partial charge in [-0.1, -0.05) is 28.1 Å². The summed E-state index contributed by atoms with van der Waals surface area (Å²) in [6.07, 6.45) is 0. The fourth-order valence-corrected chi connectivity index (χ4v) is 2.77. The van der Waals surface area contributed by atoms with Gasteiger partial charge in [0, 0.05) is 20.7 Å². The molecule has 0 atom stereocenters. The Bertz CT molecular complexity index is 614. The molecule has 2 aromatic rings. The molecule has 1 amide bonds. The lowest BCUT2D eigenvalue weighted by Crippen LogP contribution is -2.14. The fourth-order valence-electron chi connectivity index (χ4n) is 1.65. The van der Waals surface area contributed by atoms with Crippen molar-refractivity contribution >= 4 is 45.0 Å². The van der Waals surface area contributed by atoms with E-state index in [2.05, 4.69) is 21.2 Å². The van der Waals surface area contributed by atoms with Gasteiger partial charge in [-0.25, -0.2) is 0 Å². The third-order valence-corrected chi connectivity index (χ3v) is 4.37. The van der Waals surface area contributed by atoms with E-state index >= 15 is 0 Å². The molecule has 0 aromatic heterocycles. The minimum atomic E-state index is -0.0433. The van der Waals surface area contributed by atoms with Crippen LogP contribution in [0.3, 0.4) is 0 Å². The summed E-state index contributed by atoms with van der Waals surface area (Å²) in [4.78, 5) is 12.8. The first-order valence-electron chi connectivity index (χ1n) is 6.09. The maximum Gasteiger partial charge on any atom is 0.234 e. The maximum atomic E-state index is 11.9. The van der Waals surface area contributed by atoms with E-state index in [1.165, 1.54) is 11.8 Å². The Morgan fingerprint density at radius 1 is 1.25 bits per heavy atom. The zero-order valence-corrected chi connectivity index (χ0v) is 13.4. The van der Waals surface area contributed by atoms with Crippen LogP contribution in [0.1, 0.15) is 5.56 Å². The first-order chi connectivity index (χ1) is 9.56. The molecule has 0 unspecified atom stereocenters. The molecule has 0 aliphatic carbocycles. The molecule has 3 nitrogen and oxygen atoms in total. The second-order valence-electron chi connectivity index (χ2n) is 4.33. The Kier molecular flexibility index (Phi) is 5.09. The van der Waals surface area contributed by atoms with Crippen LogP contribution < -0.4 is 11.1 Å². The number of para-hydroxylation sites is 1. The number of carbonyl (C=O) groups is 1. The van der Waals surface area contributed by atoms with E-state index in [0.717, 1.165) is 26.3 Å². The van der Waals surface area contributed by atoms with Crippen LogP contribution in [0.2, 0.25) is 0 Å². The number of aryl methyl sites for hydroxylation is 1. The SMILES string of the molecule is Cc1cccc(SCC(=O)Nc2ccc(Br)cc2)c1N. The van der Waals surface area contributed by atoms with Gasteiger partial charge in [-0.3, -0.25) is 4.79 Å². The zero-order valence-electron chi connectivity index (χ0n) is 11.0. The van der Waals surface area contributed by atoms with E-state index in [9.17, 15) is 4.79 Å². The van der Waals surface area contributed by atoms with Gasteiger partial charge in [-0.2, -0.15) is 0 Å². The van der Waals surface area contributed by atoms with Gasteiger partial charge in [0.15, 0.2) is 0 Å². The van der Waals surface area contributed by atoms with Crippen molar-refractivity contribution in [1.29, 1.82) is 0 Å². The van der Waals surface area contributed by atoms with Crippen LogP contribution in [0.4, 0.5) is 11.4 Å². The number of anilines is 2. The lowest BCUT2D eigenvalue weighted by Gasteiger charge is -2.08. The maximum absolute atomic E-state index is 11.9. The van der Waals surface area contributed by atoms with Gasteiger partial charge in [0.05, 0.1) is 5.75 Å². The Morgan fingerprint density at radius 2 is 1.95 bits per heavy atom. The number of thioether (sulfide) groups is 1. The summed E-state index contributed by atoms with van der Waals surface area (Å²) in [7, 11) is 0. The summed E-state index contributed by atoms with van der Waals surface area (Å²) in [6.45, 7) is 1.96. The minimum Gasteiger partial charge on any atom is -0.398 e. The van der Waals surface area contributed by atoms with Gasteiger partial charge < -0.3 is 11.1 Å². The van der Waals surface area contributed by atoms with Gasteiger partial charge in [-0.15, -0.1) is 11.8 Å². The van der Waals surface area contributed by atoms with Crippen molar-refractivity contribution in [2.45, 2.75) is 11.8 Å². The standard InChI is InChI=1S/C15H15BrN2OS/c1-10-3-2-4-13(15(10)17)20-9-14(19)18-12-7-5-11(16)6-8-12/h2-8H,9,17H2,1H3,(H,18,19). The highest BCUT2D eigenvalue weighted by atomic mass is 79.9. The zero-order chi connectivity index (χ0) is 14.5. The highest BCUT2D eigenvalue weighted by Gasteiger charge is 2.07. The molecule has 0 aliphatic rings. The van der Waals surface area contributed by atoms with Crippen LogP contribution in [-0.2, 0) is 4.79 Å². The average Bonchev–Trinajstić information content (AvgIpc) is 2.43. The van der Waals surface area contributed by atoms with Crippen molar-refractivity contribution in [3.8, 4) is 0 Å². The number of rotatable bonds is 4. The van der Waals surface area contributed by atoms with E-state index in [-0.39, 0.29) is 5.91 Å². The Hall–Kier alpha value is -1.46. The Labute approximate surface area is 131 Å². The van der Waals surface area contributed by atoms with Crippen LogP contribution >= 0.6 is 27.7 Å². The van der Waals surface area contributed by atoms with Crippen molar-refractivity contribution in [2.24, 2.45) is 0 Å². The number of benzene rings is 2. The summed E-state index contributed by atoms with van der Waals surface area (Å²) in [6, 6.07) is 13.3. The molecule has 0 heterocycles. The third-order valence-electron chi connectivity index (χ3n) is 2.77. The molecule has 0 aliphatic heterocycles. The molecule has 0 bridgehead atoms. The molecule has 5 heteroatoms. The predicted octanol–water partition coefficient (Wildman–Crippen LogP) is 4.07. The minimum absolute atomic E-state index is 0.0433. The second kappa shape index (κ2) is 6.81. The number of amides is 1. The number of halogens is 1. The number of hydrogen-bond acceptors (Lipinski definition) is 3. The number of nitrogens with one attached hydrogen (secondary N) is 1. The first kappa shape index (κ1) is 14.9. The van der Waals surface area contributed by atoms with Gasteiger partial charge in [0.1, 0.15) is 0 Å². The molecule has 104 valence electrons. The predicted molar refractivity (Wildman–Crippen MR) is 89.1 cm³/mol. The topological polar surface area (TPSA) is 55.1 Å². The lowest BCUT2D eigenvalue weighted by molar-refractivity contribution is -0.113. The summed E-state index contributed by atoms with van der Waals surface area (Å²) in [5, 5.41) is 2.85. The highest BCUT2D eigenvalue weighted by Crippen LogP contribution is 2.27. The number of hydrogen-bond donors (Lipinski definition) is 2. The quantitative estimate of drug-likeness (QED) is 0.645. The van der Waals surface area contributed by atoms with Crippen molar-refractivity contribution < 1.29 is 4.79 Å². The van der Waals surface area contributed by atoms with Gasteiger partial charge in [-0.05, 0) is 42.8 Å². The smallest absolute Gasteiger partial charge is 0.234 e. The summed E-state index contributed by atoms with van der Waals surface area (Å²) >= 11 is 4.80. The molecule has 0 fully saturated rings. The molecule has 0 radical (unpaired) electrons. The molecular formula is C15H15BrN2OS. The largest absolute Gasteiger partial charge is 0.398 e. The number of nitrogens with two attached hydrogens (primary N) is 1. The molecule has 0 saturated heterocycles. The van der Waals surface area contributed by atoms with Gasteiger partial charge in [0.25, 0.3) is 0 Å². The summed E-state index contributed by atoms with van der Waals surface area (Å²) in [5.74, 6) is 0.294. The first-order valence-corrected chi connectivity index (χ1v) is 7.87. The van der Waals surface area contributed by atoms with Crippen molar-refractivity contribution in [3.05, 3.63) is 52.5 Å². The van der Waals surface area contributed by atoms with E-state index < -0.39 is 0 Å². The second-order valence-corrected chi connectivity index (χ2v) is 6.26. The van der Waals surface area contributed by atoms with Crippen LogP contribution in [0.5, 0.6) is 0 Å². The summed E-state index contributed by atoms with van der Waals surface area (Å²) in [5.41, 5.74) is 8.54. The van der Waals surface area contributed by atoms with E-state index in [4.69, 9.17) is 5.73 Å². The Balaban J connectivity index is 1.92. The normalized spacial score (nSPS) is 10.3. The van der Waals surface area contributed by atoms with Crippen molar-refractivity contribution in [2.75, 3.05) is 16.8 Å². The van der Waals surface area contributed by atoms with Crippen molar-refractivity contribution in [3.63, 3.8) is 0 Å². The third kappa shape index (κ3) is 4.02.